The summed E-state index contributed by atoms with van der Waals surface area (Å²) in [6, 6.07) is 8.75. The molecule has 3 aromatic heterocycles. The topological polar surface area (TPSA) is 81.8 Å². The van der Waals surface area contributed by atoms with Gasteiger partial charge in [0.1, 0.15) is 5.69 Å². The van der Waals surface area contributed by atoms with E-state index in [0.717, 1.165) is 0 Å². The lowest BCUT2D eigenvalue weighted by Crippen LogP contribution is -2.31. The summed E-state index contributed by atoms with van der Waals surface area (Å²) in [5.41, 5.74) is 0.359. The number of rotatable bonds is 5. The Labute approximate surface area is 146 Å². The molecule has 0 fully saturated rings. The molecule has 3 rings (SSSR count). The van der Waals surface area contributed by atoms with E-state index in [2.05, 4.69) is 15.4 Å². The largest absolute Gasteiger partial charge is 0.349 e. The van der Waals surface area contributed by atoms with Crippen LogP contribution in [-0.4, -0.2) is 31.8 Å². The van der Waals surface area contributed by atoms with E-state index < -0.39 is 0 Å². The van der Waals surface area contributed by atoms with Gasteiger partial charge in [0, 0.05) is 19.8 Å². The molecule has 124 valence electrons. The number of thiophene rings is 1. The Balaban J connectivity index is 1.68. The van der Waals surface area contributed by atoms with Crippen LogP contribution >= 0.6 is 22.9 Å². The lowest BCUT2D eigenvalue weighted by atomic mass is 10.3. The minimum Gasteiger partial charge on any atom is -0.349 e. The molecule has 9 heteroatoms. The summed E-state index contributed by atoms with van der Waals surface area (Å²) in [5, 5.41) is 7.03. The fourth-order valence-corrected chi connectivity index (χ4v) is 3.11. The van der Waals surface area contributed by atoms with Crippen LogP contribution in [0, 0.1) is 0 Å². The van der Waals surface area contributed by atoms with Crippen molar-refractivity contribution in [1.82, 2.24) is 24.6 Å². The van der Waals surface area contributed by atoms with Crippen molar-refractivity contribution in [2.75, 3.05) is 6.54 Å². The van der Waals surface area contributed by atoms with Crippen molar-refractivity contribution < 1.29 is 4.79 Å². The second-order valence-corrected chi connectivity index (χ2v) is 6.68. The molecule has 0 spiro atoms. The lowest BCUT2D eigenvalue weighted by Gasteiger charge is -2.02. The van der Waals surface area contributed by atoms with Gasteiger partial charge >= 0.3 is 5.69 Å². The van der Waals surface area contributed by atoms with Gasteiger partial charge in [0.15, 0.2) is 5.82 Å². The molecule has 0 aliphatic heterocycles. The fourth-order valence-electron chi connectivity index (χ4n) is 2.15. The number of amides is 1. The quantitative estimate of drug-likeness (QED) is 0.749. The molecule has 24 heavy (non-hydrogen) atoms. The number of halogens is 1. The highest BCUT2D eigenvalue weighted by Crippen LogP contribution is 2.20. The van der Waals surface area contributed by atoms with Crippen LogP contribution in [0.5, 0.6) is 0 Å². The van der Waals surface area contributed by atoms with Crippen LogP contribution in [0.1, 0.15) is 9.67 Å². The molecule has 0 atom stereocenters. The van der Waals surface area contributed by atoms with Crippen LogP contribution in [0.4, 0.5) is 0 Å². The minimum absolute atomic E-state index is 0.221. The van der Waals surface area contributed by atoms with E-state index in [1.54, 1.807) is 37.5 Å². The van der Waals surface area contributed by atoms with Crippen molar-refractivity contribution in [3.8, 4) is 11.5 Å². The summed E-state index contributed by atoms with van der Waals surface area (Å²) >= 11 is 7.01. The van der Waals surface area contributed by atoms with Crippen LogP contribution in [0.2, 0.25) is 4.34 Å². The number of nitrogens with one attached hydrogen (secondary N) is 1. The number of hydrogen-bond donors (Lipinski definition) is 1. The smallest absolute Gasteiger partial charge is 0.346 e. The Bertz CT molecular complexity index is 916. The molecular weight excluding hydrogens is 350 g/mol. The van der Waals surface area contributed by atoms with E-state index in [-0.39, 0.29) is 24.7 Å². The summed E-state index contributed by atoms with van der Waals surface area (Å²) in [4.78, 5) is 28.9. The molecule has 3 aromatic rings. The van der Waals surface area contributed by atoms with Gasteiger partial charge in [-0.15, -0.1) is 16.4 Å². The molecule has 0 aliphatic carbocycles. The summed E-state index contributed by atoms with van der Waals surface area (Å²) in [6.07, 6.45) is 1.64. The van der Waals surface area contributed by atoms with E-state index in [0.29, 0.717) is 20.7 Å². The summed E-state index contributed by atoms with van der Waals surface area (Å²) in [5.74, 6) is 0.262. The van der Waals surface area contributed by atoms with Gasteiger partial charge < -0.3 is 5.32 Å². The molecule has 0 radical (unpaired) electrons. The first-order valence-corrected chi connectivity index (χ1v) is 8.34. The zero-order valence-electron chi connectivity index (χ0n) is 12.8. The monoisotopic (exact) mass is 363 g/mol. The number of carbonyl (C=O) groups is 1. The van der Waals surface area contributed by atoms with Crippen LogP contribution in [0.25, 0.3) is 11.5 Å². The summed E-state index contributed by atoms with van der Waals surface area (Å²) < 4.78 is 3.30. The van der Waals surface area contributed by atoms with Crippen LogP contribution in [-0.2, 0) is 13.6 Å². The predicted molar refractivity (Wildman–Crippen MR) is 92.4 cm³/mol. The Morgan fingerprint density at radius 3 is 2.83 bits per heavy atom. The minimum atomic E-state index is -0.260. The van der Waals surface area contributed by atoms with Crippen molar-refractivity contribution in [2.45, 2.75) is 6.54 Å². The first-order valence-electron chi connectivity index (χ1n) is 7.15. The molecule has 7 nitrogen and oxygen atoms in total. The zero-order chi connectivity index (χ0) is 17.1. The highest BCUT2D eigenvalue weighted by atomic mass is 35.5. The van der Waals surface area contributed by atoms with Gasteiger partial charge in [-0.3, -0.25) is 14.3 Å². The van der Waals surface area contributed by atoms with Crippen LogP contribution in [0.15, 0.2) is 41.3 Å². The van der Waals surface area contributed by atoms with Gasteiger partial charge in [0.2, 0.25) is 0 Å². The maximum atomic E-state index is 12.2. The van der Waals surface area contributed by atoms with Gasteiger partial charge in [-0.1, -0.05) is 17.7 Å². The Morgan fingerprint density at radius 2 is 2.17 bits per heavy atom. The van der Waals surface area contributed by atoms with E-state index in [4.69, 9.17) is 11.6 Å². The van der Waals surface area contributed by atoms with Crippen molar-refractivity contribution in [2.24, 2.45) is 7.05 Å². The Hall–Kier alpha value is -2.45. The number of aromatic nitrogens is 4. The highest BCUT2D eigenvalue weighted by molar-refractivity contribution is 7.17. The van der Waals surface area contributed by atoms with E-state index >= 15 is 0 Å². The van der Waals surface area contributed by atoms with Crippen molar-refractivity contribution in [1.29, 1.82) is 0 Å². The Morgan fingerprint density at radius 1 is 1.33 bits per heavy atom. The van der Waals surface area contributed by atoms with Crippen LogP contribution < -0.4 is 11.0 Å². The highest BCUT2D eigenvalue weighted by Gasteiger charge is 2.13. The SMILES string of the molecule is Cn1c(-c2ccccn2)nn(CCNC(=O)c2ccc(Cl)s2)c1=O. The van der Waals surface area contributed by atoms with Crippen molar-refractivity contribution >= 4 is 28.8 Å². The van der Waals surface area contributed by atoms with Gasteiger partial charge in [-0.2, -0.15) is 0 Å². The molecule has 0 saturated heterocycles. The van der Waals surface area contributed by atoms with Gasteiger partial charge in [0.05, 0.1) is 15.8 Å². The van der Waals surface area contributed by atoms with Crippen molar-refractivity contribution in [3.05, 3.63) is 56.2 Å². The molecular formula is C15H14ClN5O2S. The standard InChI is InChI=1S/C15H14ClN5O2S/c1-20-13(10-4-2-3-7-17-10)19-21(15(20)23)9-8-18-14(22)11-5-6-12(16)24-11/h2-7H,8-9H2,1H3,(H,18,22). The van der Waals surface area contributed by atoms with Gasteiger partial charge in [-0.05, 0) is 24.3 Å². The Kier molecular flexibility index (Phi) is 4.77. The molecule has 0 saturated carbocycles. The first kappa shape index (κ1) is 16.4. The number of nitrogens with zero attached hydrogens (tertiary/aromatic N) is 4. The maximum Gasteiger partial charge on any atom is 0.346 e. The zero-order valence-corrected chi connectivity index (χ0v) is 14.3. The molecule has 1 amide bonds. The molecule has 1 N–H and O–H groups in total. The molecule has 0 bridgehead atoms. The third-order valence-corrected chi connectivity index (χ3v) is 4.57. The van der Waals surface area contributed by atoms with Gasteiger partial charge in [-0.25, -0.2) is 9.48 Å². The average Bonchev–Trinajstić information content (AvgIpc) is 3.14. The van der Waals surface area contributed by atoms with E-state index in [1.807, 2.05) is 6.07 Å². The summed E-state index contributed by atoms with van der Waals surface area (Å²) in [7, 11) is 1.64. The number of hydrogen-bond acceptors (Lipinski definition) is 5. The van der Waals surface area contributed by atoms with Crippen molar-refractivity contribution in [3.63, 3.8) is 0 Å². The molecule has 3 heterocycles. The van der Waals surface area contributed by atoms with E-state index in [1.165, 1.54) is 20.6 Å². The second kappa shape index (κ2) is 6.98. The fraction of sp³-hybridized carbons (Fsp3) is 0.200. The third kappa shape index (κ3) is 3.39. The van der Waals surface area contributed by atoms with E-state index in [9.17, 15) is 9.59 Å². The second-order valence-electron chi connectivity index (χ2n) is 4.96. The van der Waals surface area contributed by atoms with Gasteiger partial charge in [0.25, 0.3) is 5.91 Å². The lowest BCUT2D eigenvalue weighted by molar-refractivity contribution is 0.0956. The average molecular weight is 364 g/mol. The summed E-state index contributed by atoms with van der Waals surface area (Å²) in [6.45, 7) is 0.553. The third-order valence-electron chi connectivity index (χ3n) is 3.34. The molecule has 0 aromatic carbocycles. The normalized spacial score (nSPS) is 10.8. The number of carbonyl (C=O) groups excluding carboxylic acids is 1. The maximum absolute atomic E-state index is 12.2. The molecule has 0 unspecified atom stereocenters. The van der Waals surface area contributed by atoms with Crippen LogP contribution in [0.3, 0.4) is 0 Å². The number of pyridine rings is 1. The predicted octanol–water partition coefficient (Wildman–Crippen LogP) is 1.79. The first-order chi connectivity index (χ1) is 11.6. The molecule has 0 aliphatic rings.